The van der Waals surface area contributed by atoms with Crippen LogP contribution in [-0.4, -0.2) is 33.0 Å². The second kappa shape index (κ2) is 12.9. The van der Waals surface area contributed by atoms with E-state index in [1.54, 1.807) is 7.11 Å². The molecule has 6 aromatic rings. The van der Waals surface area contributed by atoms with Crippen molar-refractivity contribution in [1.82, 2.24) is 19.9 Å². The molecule has 2 aliphatic rings. The largest absolute Gasteiger partial charge is 0.493 e. The quantitative estimate of drug-likeness (QED) is 0.167. The number of rotatable bonds is 5. The second-order valence-electron chi connectivity index (χ2n) is 15.8. The van der Waals surface area contributed by atoms with Crippen molar-refractivity contribution >= 4 is 33.7 Å². The predicted octanol–water partition coefficient (Wildman–Crippen LogP) is 10.6. The molecule has 8 bridgehead atoms. The zero-order valence-electron chi connectivity index (χ0n) is 31.4. The number of benzene rings is 3. The first kappa shape index (κ1) is 34.2. The molecule has 53 heavy (non-hydrogen) atoms. The maximum Gasteiger partial charge on any atom is 0.255 e. The van der Waals surface area contributed by atoms with Gasteiger partial charge in [-0.05, 0) is 61.4 Å². The topological polar surface area (TPSA) is 95.7 Å². The highest BCUT2D eigenvalue weighted by Crippen LogP contribution is 2.41. The molecular weight excluding hydrogens is 655 g/mol. The number of amides is 1. The first-order valence-electron chi connectivity index (χ1n) is 18.2. The van der Waals surface area contributed by atoms with E-state index >= 15 is 0 Å². The Morgan fingerprint density at radius 3 is 1.68 bits per heavy atom. The number of nitrogens with one attached hydrogen (secondary N) is 3. The molecular formula is C46H45N5O2. The SMILES string of the molecule is COc1c2nc(cc3[nH]c(cc3-c3ccc(C)cc3)c(NC(=O)c3ccccc3)c3nc(cc4[nH]c1cc4-c1ccc(C)cc1)C(C)(C)C3)C(C)(C)C2. The van der Waals surface area contributed by atoms with Crippen LogP contribution in [0.5, 0.6) is 5.75 Å². The van der Waals surface area contributed by atoms with Gasteiger partial charge in [0.1, 0.15) is 0 Å². The number of nitrogens with zero attached hydrogens (tertiary/aromatic N) is 2. The summed E-state index contributed by atoms with van der Waals surface area (Å²) in [7, 11) is 1.72. The summed E-state index contributed by atoms with van der Waals surface area (Å²) in [6.45, 7) is 13.1. The van der Waals surface area contributed by atoms with Gasteiger partial charge < -0.3 is 20.0 Å². The molecule has 0 spiro atoms. The summed E-state index contributed by atoms with van der Waals surface area (Å²) in [5.41, 5.74) is 14.3. The van der Waals surface area contributed by atoms with Gasteiger partial charge in [0, 0.05) is 62.8 Å². The van der Waals surface area contributed by atoms with Crippen molar-refractivity contribution in [3.63, 3.8) is 0 Å². The first-order valence-corrected chi connectivity index (χ1v) is 18.2. The maximum atomic E-state index is 13.9. The van der Waals surface area contributed by atoms with Gasteiger partial charge in [-0.1, -0.05) is 106 Å². The number of hydrogen-bond acceptors (Lipinski definition) is 4. The molecule has 0 fully saturated rings. The lowest BCUT2D eigenvalue weighted by atomic mass is 9.86. The molecule has 266 valence electrons. The third-order valence-electron chi connectivity index (χ3n) is 10.6. The Morgan fingerprint density at radius 2 is 1.13 bits per heavy atom. The fraction of sp³-hybridized carbons (Fsp3) is 0.239. The van der Waals surface area contributed by atoms with E-state index in [0.29, 0.717) is 24.1 Å². The number of carbonyl (C=O) groups is 1. The minimum atomic E-state index is -0.333. The molecule has 7 nitrogen and oxygen atoms in total. The van der Waals surface area contributed by atoms with Crippen LogP contribution in [0.2, 0.25) is 0 Å². The Bertz CT molecular complexity index is 2540. The number of hydrogen-bond donors (Lipinski definition) is 3. The van der Waals surface area contributed by atoms with Crippen molar-refractivity contribution in [1.29, 1.82) is 0 Å². The number of methoxy groups -OCH3 is 1. The van der Waals surface area contributed by atoms with Gasteiger partial charge in [0.25, 0.3) is 5.91 Å². The van der Waals surface area contributed by atoms with Gasteiger partial charge >= 0.3 is 0 Å². The third-order valence-corrected chi connectivity index (χ3v) is 10.6. The van der Waals surface area contributed by atoms with E-state index in [4.69, 9.17) is 14.7 Å². The molecule has 3 aromatic heterocycles. The van der Waals surface area contributed by atoms with Crippen molar-refractivity contribution in [2.45, 2.75) is 65.2 Å². The van der Waals surface area contributed by atoms with E-state index in [1.807, 2.05) is 30.3 Å². The van der Waals surface area contributed by atoms with Crippen LogP contribution in [0.4, 0.5) is 5.69 Å². The van der Waals surface area contributed by atoms with Gasteiger partial charge in [0.05, 0.1) is 35.2 Å². The molecule has 0 saturated heterocycles. The number of anilines is 1. The fourth-order valence-electron chi connectivity index (χ4n) is 7.52. The third kappa shape index (κ3) is 6.41. The Hall–Kier alpha value is -5.95. The Kier molecular flexibility index (Phi) is 8.33. The van der Waals surface area contributed by atoms with Crippen LogP contribution in [0.25, 0.3) is 44.3 Å². The van der Waals surface area contributed by atoms with Gasteiger partial charge in [0.2, 0.25) is 0 Å². The smallest absolute Gasteiger partial charge is 0.255 e. The molecule has 0 saturated carbocycles. The average molecular weight is 700 g/mol. The standard InChI is InChI=1S/C46H45N5O2/c1-27-13-17-29(18-14-27)32-21-36-42(51-44(52)31-11-9-8-10-12-31)38-25-45(3,4)40(49-38)24-35-33(30-19-15-28(2)16-20-30)22-37(48-35)43(53-7)39-26-46(5,6)41(50-39)23-34(32)47-36/h8-24,47-48H,25-26H2,1-7H3,(H,51,52). The summed E-state index contributed by atoms with van der Waals surface area (Å²) in [5, 5.41) is 3.30. The maximum absolute atomic E-state index is 13.9. The summed E-state index contributed by atoms with van der Waals surface area (Å²) in [4.78, 5) is 32.0. The number of carbonyl (C=O) groups excluding carboxylic acids is 1. The second-order valence-corrected chi connectivity index (χ2v) is 15.8. The van der Waals surface area contributed by atoms with E-state index in [2.05, 4.69) is 130 Å². The van der Waals surface area contributed by atoms with Crippen molar-refractivity contribution in [3.05, 3.63) is 143 Å². The molecule has 0 radical (unpaired) electrons. The van der Waals surface area contributed by atoms with E-state index in [-0.39, 0.29) is 16.7 Å². The van der Waals surface area contributed by atoms with Gasteiger partial charge in [-0.2, -0.15) is 0 Å². The van der Waals surface area contributed by atoms with Crippen LogP contribution in [0.3, 0.4) is 0 Å². The van der Waals surface area contributed by atoms with Crippen LogP contribution in [-0.2, 0) is 23.7 Å². The number of H-pyrrole nitrogens is 2. The highest BCUT2D eigenvalue weighted by atomic mass is 16.5. The van der Waals surface area contributed by atoms with Gasteiger partial charge in [-0.25, -0.2) is 0 Å². The normalized spacial score (nSPS) is 14.5. The monoisotopic (exact) mass is 699 g/mol. The molecule has 0 aliphatic carbocycles. The summed E-state index contributed by atoms with van der Waals surface area (Å²) in [6, 6.07) is 35.1. The molecule has 3 N–H and O–H groups in total. The summed E-state index contributed by atoms with van der Waals surface area (Å²) >= 11 is 0. The Morgan fingerprint density at radius 1 is 0.642 bits per heavy atom. The molecule has 1 amide bonds. The van der Waals surface area contributed by atoms with Crippen molar-refractivity contribution in [2.75, 3.05) is 12.4 Å². The van der Waals surface area contributed by atoms with Crippen LogP contribution in [0.15, 0.2) is 103 Å². The van der Waals surface area contributed by atoms with E-state index in [0.717, 1.165) is 72.8 Å². The van der Waals surface area contributed by atoms with E-state index in [1.165, 1.54) is 11.1 Å². The minimum absolute atomic E-state index is 0.191. The van der Waals surface area contributed by atoms with Crippen LogP contribution >= 0.6 is 0 Å². The van der Waals surface area contributed by atoms with Crippen molar-refractivity contribution < 1.29 is 9.53 Å². The lowest BCUT2D eigenvalue weighted by Crippen LogP contribution is -2.17. The van der Waals surface area contributed by atoms with Crippen LogP contribution in [0.1, 0.15) is 72.0 Å². The zero-order valence-corrected chi connectivity index (χ0v) is 31.4. The summed E-state index contributed by atoms with van der Waals surface area (Å²) in [6.07, 6.45) is 1.33. The fourth-order valence-corrected chi connectivity index (χ4v) is 7.52. The number of aromatic amines is 2. The van der Waals surface area contributed by atoms with E-state index < -0.39 is 0 Å². The first-order chi connectivity index (χ1) is 25.4. The average Bonchev–Trinajstić information content (AvgIpc) is 3.88. The number of aromatic nitrogens is 4. The summed E-state index contributed by atoms with van der Waals surface area (Å²) < 4.78 is 6.18. The molecule has 5 heterocycles. The van der Waals surface area contributed by atoms with Crippen molar-refractivity contribution in [2.24, 2.45) is 0 Å². The molecule has 0 unspecified atom stereocenters. The van der Waals surface area contributed by atoms with Gasteiger partial charge in [0.15, 0.2) is 5.75 Å². The van der Waals surface area contributed by atoms with E-state index in [9.17, 15) is 4.79 Å². The molecule has 3 aromatic carbocycles. The number of ether oxygens (including phenoxy) is 1. The molecule has 0 atom stereocenters. The van der Waals surface area contributed by atoms with Gasteiger partial charge in [-0.3, -0.25) is 14.8 Å². The molecule has 7 heteroatoms. The lowest BCUT2D eigenvalue weighted by molar-refractivity contribution is 0.102. The van der Waals surface area contributed by atoms with Crippen molar-refractivity contribution in [3.8, 4) is 28.0 Å². The molecule has 8 rings (SSSR count). The zero-order chi connectivity index (χ0) is 37.1. The minimum Gasteiger partial charge on any atom is -0.493 e. The number of aryl methyl sites for hydroxylation is 2. The number of fused-ring (bicyclic) bond motifs is 8. The highest BCUT2D eigenvalue weighted by molar-refractivity contribution is 6.07. The Labute approximate surface area is 310 Å². The molecule has 2 aliphatic heterocycles. The lowest BCUT2D eigenvalue weighted by Gasteiger charge is -2.17. The predicted molar refractivity (Wildman–Crippen MR) is 216 cm³/mol. The van der Waals surface area contributed by atoms with Crippen LogP contribution < -0.4 is 10.1 Å². The Balaban J connectivity index is 1.51. The van der Waals surface area contributed by atoms with Gasteiger partial charge in [-0.15, -0.1) is 0 Å². The van der Waals surface area contributed by atoms with Crippen LogP contribution in [0, 0.1) is 13.8 Å². The summed E-state index contributed by atoms with van der Waals surface area (Å²) in [5.74, 6) is 0.537. The highest BCUT2D eigenvalue weighted by Gasteiger charge is 2.33.